The Kier molecular flexibility index (Phi) is 4.26. The Balaban J connectivity index is 2.24. The highest BCUT2D eigenvalue weighted by atomic mass is 35.5. The molecule has 0 bridgehead atoms. The molecule has 6 heteroatoms. The van der Waals surface area contributed by atoms with Crippen molar-refractivity contribution in [3.8, 4) is 6.07 Å². The molecule has 1 aromatic heterocycles. The van der Waals surface area contributed by atoms with E-state index in [-0.39, 0.29) is 0 Å². The molecular weight excluding hydrogens is 305 g/mol. The zero-order chi connectivity index (χ0) is 14.0. The van der Waals surface area contributed by atoms with Crippen LogP contribution in [0.15, 0.2) is 24.3 Å². The Bertz CT molecular complexity index is 656. The highest BCUT2D eigenvalue weighted by Gasteiger charge is 2.11. The number of halogens is 3. The zero-order valence-electron chi connectivity index (χ0n) is 10.0. The summed E-state index contributed by atoms with van der Waals surface area (Å²) in [6.45, 7) is 0.474. The number of nitriles is 1. The quantitative estimate of drug-likeness (QED) is 0.908. The van der Waals surface area contributed by atoms with Gasteiger partial charge in [-0.1, -0.05) is 40.9 Å². The van der Waals surface area contributed by atoms with E-state index in [9.17, 15) is 0 Å². The van der Waals surface area contributed by atoms with E-state index >= 15 is 0 Å². The van der Waals surface area contributed by atoms with Crippen molar-refractivity contribution in [1.82, 2.24) is 4.57 Å². The Hall–Kier alpha value is -1.34. The molecule has 1 aromatic carbocycles. The lowest BCUT2D eigenvalue weighted by atomic mass is 10.2. The second-order valence-corrected chi connectivity index (χ2v) is 5.13. The SMILES string of the molecule is Cn1c(CNc2c(Cl)cccc2C#N)cc(Cl)c1Cl. The smallest absolute Gasteiger partial charge is 0.127 e. The molecule has 1 heterocycles. The first kappa shape index (κ1) is 14.1. The van der Waals surface area contributed by atoms with Crippen molar-refractivity contribution in [3.63, 3.8) is 0 Å². The molecule has 0 spiro atoms. The van der Waals surface area contributed by atoms with Gasteiger partial charge in [0.05, 0.1) is 27.8 Å². The van der Waals surface area contributed by atoms with E-state index in [4.69, 9.17) is 40.1 Å². The van der Waals surface area contributed by atoms with Crippen LogP contribution in [0.1, 0.15) is 11.3 Å². The maximum Gasteiger partial charge on any atom is 0.127 e. The molecule has 2 aromatic rings. The molecule has 2 rings (SSSR count). The van der Waals surface area contributed by atoms with Crippen molar-refractivity contribution in [2.75, 3.05) is 5.32 Å². The van der Waals surface area contributed by atoms with E-state index in [2.05, 4.69) is 11.4 Å². The first-order chi connectivity index (χ1) is 9.04. The van der Waals surface area contributed by atoms with Crippen LogP contribution in [0.2, 0.25) is 15.2 Å². The average molecular weight is 315 g/mol. The summed E-state index contributed by atoms with van der Waals surface area (Å²) in [6.07, 6.45) is 0. The van der Waals surface area contributed by atoms with Crippen LogP contribution in [0.5, 0.6) is 0 Å². The molecule has 3 nitrogen and oxygen atoms in total. The predicted octanol–water partition coefficient (Wildman–Crippen LogP) is 4.47. The number of benzene rings is 1. The topological polar surface area (TPSA) is 40.8 Å². The fourth-order valence-corrected chi connectivity index (χ4v) is 2.39. The van der Waals surface area contributed by atoms with Gasteiger partial charge in [-0.05, 0) is 18.2 Å². The van der Waals surface area contributed by atoms with Crippen molar-refractivity contribution in [3.05, 3.63) is 50.7 Å². The normalized spacial score (nSPS) is 10.3. The maximum atomic E-state index is 9.05. The van der Waals surface area contributed by atoms with Crippen molar-refractivity contribution in [2.45, 2.75) is 6.54 Å². The number of hydrogen-bond acceptors (Lipinski definition) is 2. The molecule has 0 amide bonds. The number of para-hydroxylation sites is 1. The number of hydrogen-bond donors (Lipinski definition) is 1. The molecule has 0 fully saturated rings. The molecule has 0 saturated heterocycles. The van der Waals surface area contributed by atoms with E-state index in [1.54, 1.807) is 28.8 Å². The summed E-state index contributed by atoms with van der Waals surface area (Å²) in [7, 11) is 1.82. The fraction of sp³-hybridized carbons (Fsp3) is 0.154. The van der Waals surface area contributed by atoms with E-state index in [1.807, 2.05) is 7.05 Å². The lowest BCUT2D eigenvalue weighted by Gasteiger charge is -2.10. The van der Waals surface area contributed by atoms with Gasteiger partial charge in [0.15, 0.2) is 0 Å². The molecule has 0 atom stereocenters. The molecule has 1 N–H and O–H groups in total. The van der Waals surface area contributed by atoms with Gasteiger partial charge in [0.1, 0.15) is 11.2 Å². The number of nitrogens with one attached hydrogen (secondary N) is 1. The number of nitrogens with zero attached hydrogens (tertiary/aromatic N) is 2. The number of anilines is 1. The third-order valence-corrected chi connectivity index (χ3v) is 3.95. The summed E-state index contributed by atoms with van der Waals surface area (Å²) in [5.41, 5.74) is 2.01. The summed E-state index contributed by atoms with van der Waals surface area (Å²) < 4.78 is 1.78. The van der Waals surface area contributed by atoms with Gasteiger partial charge in [0.25, 0.3) is 0 Å². The van der Waals surface area contributed by atoms with Gasteiger partial charge in [-0.2, -0.15) is 5.26 Å². The van der Waals surface area contributed by atoms with Crippen LogP contribution in [0, 0.1) is 11.3 Å². The Morgan fingerprint density at radius 1 is 1.26 bits per heavy atom. The average Bonchev–Trinajstić information content (AvgIpc) is 2.64. The Morgan fingerprint density at radius 3 is 2.58 bits per heavy atom. The van der Waals surface area contributed by atoms with E-state index in [0.29, 0.717) is 33.0 Å². The van der Waals surface area contributed by atoms with Gasteiger partial charge in [0, 0.05) is 12.7 Å². The minimum Gasteiger partial charge on any atom is -0.377 e. The van der Waals surface area contributed by atoms with E-state index < -0.39 is 0 Å². The number of rotatable bonds is 3. The summed E-state index contributed by atoms with van der Waals surface area (Å²) >= 11 is 18.0. The minimum atomic E-state index is 0.474. The van der Waals surface area contributed by atoms with Gasteiger partial charge in [-0.3, -0.25) is 0 Å². The molecule has 0 saturated carbocycles. The summed E-state index contributed by atoms with van der Waals surface area (Å²) in [6, 6.07) is 9.05. The van der Waals surface area contributed by atoms with Crippen molar-refractivity contribution in [1.29, 1.82) is 5.26 Å². The highest BCUT2D eigenvalue weighted by Crippen LogP contribution is 2.28. The zero-order valence-corrected chi connectivity index (χ0v) is 12.3. The maximum absolute atomic E-state index is 9.05. The van der Waals surface area contributed by atoms with Gasteiger partial charge in [-0.15, -0.1) is 0 Å². The monoisotopic (exact) mass is 313 g/mol. The minimum absolute atomic E-state index is 0.474. The van der Waals surface area contributed by atoms with Crippen molar-refractivity contribution < 1.29 is 0 Å². The van der Waals surface area contributed by atoms with Crippen molar-refractivity contribution >= 4 is 40.5 Å². The van der Waals surface area contributed by atoms with Crippen LogP contribution < -0.4 is 5.32 Å². The molecule has 0 aliphatic carbocycles. The van der Waals surface area contributed by atoms with Crippen molar-refractivity contribution in [2.24, 2.45) is 7.05 Å². The first-order valence-corrected chi connectivity index (χ1v) is 6.60. The standard InChI is InChI=1S/C13H10Cl3N3/c1-19-9(5-11(15)13(19)16)7-18-12-8(6-17)3-2-4-10(12)14/h2-5,18H,7H2,1H3. The Morgan fingerprint density at radius 2 is 2.00 bits per heavy atom. The summed E-state index contributed by atoms with van der Waals surface area (Å²) in [4.78, 5) is 0. The molecule has 0 aliphatic rings. The van der Waals surface area contributed by atoms with E-state index in [0.717, 1.165) is 5.69 Å². The van der Waals surface area contributed by atoms with Crippen LogP contribution >= 0.6 is 34.8 Å². The molecule has 19 heavy (non-hydrogen) atoms. The highest BCUT2D eigenvalue weighted by molar-refractivity contribution is 6.41. The molecular formula is C13H10Cl3N3. The predicted molar refractivity (Wildman–Crippen MR) is 78.9 cm³/mol. The van der Waals surface area contributed by atoms with Gasteiger partial charge >= 0.3 is 0 Å². The third-order valence-electron chi connectivity index (χ3n) is 2.80. The third kappa shape index (κ3) is 2.82. The molecule has 0 aliphatic heterocycles. The van der Waals surface area contributed by atoms with Crippen LogP contribution in [-0.4, -0.2) is 4.57 Å². The lowest BCUT2D eigenvalue weighted by molar-refractivity contribution is 0.843. The summed E-state index contributed by atoms with van der Waals surface area (Å²) in [5.74, 6) is 0. The van der Waals surface area contributed by atoms with Gasteiger partial charge < -0.3 is 9.88 Å². The van der Waals surface area contributed by atoms with Gasteiger partial charge in [0.2, 0.25) is 0 Å². The molecule has 0 radical (unpaired) electrons. The van der Waals surface area contributed by atoms with Gasteiger partial charge in [-0.25, -0.2) is 0 Å². The summed E-state index contributed by atoms with van der Waals surface area (Å²) in [5, 5.41) is 13.7. The van der Waals surface area contributed by atoms with Crippen LogP contribution in [0.3, 0.4) is 0 Å². The van der Waals surface area contributed by atoms with Crippen LogP contribution in [0.4, 0.5) is 5.69 Å². The second kappa shape index (κ2) is 5.75. The lowest BCUT2D eigenvalue weighted by Crippen LogP contribution is -2.06. The van der Waals surface area contributed by atoms with Crippen LogP contribution in [0.25, 0.3) is 0 Å². The number of aromatic nitrogens is 1. The Labute approximate surface area is 126 Å². The first-order valence-electron chi connectivity index (χ1n) is 5.46. The second-order valence-electron chi connectivity index (χ2n) is 3.96. The van der Waals surface area contributed by atoms with Crippen LogP contribution in [-0.2, 0) is 13.6 Å². The molecule has 0 unspecified atom stereocenters. The largest absolute Gasteiger partial charge is 0.377 e. The van der Waals surface area contributed by atoms with E-state index in [1.165, 1.54) is 0 Å². The fourth-order valence-electron chi connectivity index (χ4n) is 1.73. The molecule has 98 valence electrons.